The van der Waals surface area contributed by atoms with Crippen LogP contribution in [0.4, 0.5) is 0 Å². The van der Waals surface area contributed by atoms with Gasteiger partial charge in [0.1, 0.15) is 11.8 Å². The summed E-state index contributed by atoms with van der Waals surface area (Å²) in [5, 5.41) is 3.42. The van der Waals surface area contributed by atoms with Crippen molar-refractivity contribution in [2.75, 3.05) is 26.4 Å². The van der Waals surface area contributed by atoms with Gasteiger partial charge in [0.2, 0.25) is 5.91 Å². The van der Waals surface area contributed by atoms with Crippen LogP contribution in [0.15, 0.2) is 84.9 Å². The molecular formula is C29H33ClN2O4. The van der Waals surface area contributed by atoms with E-state index >= 15 is 0 Å². The minimum Gasteiger partial charge on any atom is -0.482 e. The molecule has 0 aliphatic heterocycles. The van der Waals surface area contributed by atoms with E-state index in [0.717, 1.165) is 11.1 Å². The van der Waals surface area contributed by atoms with Gasteiger partial charge in [0.15, 0.2) is 6.61 Å². The second-order valence-electron chi connectivity index (χ2n) is 8.27. The number of amides is 2. The van der Waals surface area contributed by atoms with Gasteiger partial charge in [-0.25, -0.2) is 0 Å². The third-order valence-corrected chi connectivity index (χ3v) is 5.94. The zero-order valence-corrected chi connectivity index (χ0v) is 21.3. The molecule has 0 fully saturated rings. The standard InChI is InChI=1S/C29H33ClN2O4/c1-2-35-19-11-18-31-29(34)26(20-23-12-5-3-6-13-23)32(21-24-14-7-4-8-15-24)28(33)22-36-27-17-10-9-16-25(27)30/h3-10,12-17,26H,2,11,18-22H2,1H3,(H,31,34)/t26-/m1/s1. The highest BCUT2D eigenvalue weighted by molar-refractivity contribution is 6.32. The molecule has 0 aliphatic rings. The van der Waals surface area contributed by atoms with Crippen molar-refractivity contribution in [3.05, 3.63) is 101 Å². The molecule has 3 aromatic rings. The molecule has 0 saturated carbocycles. The van der Waals surface area contributed by atoms with Gasteiger partial charge < -0.3 is 19.7 Å². The molecule has 0 bridgehead atoms. The van der Waals surface area contributed by atoms with E-state index in [0.29, 0.717) is 43.4 Å². The van der Waals surface area contributed by atoms with Crippen LogP contribution in [-0.4, -0.2) is 49.1 Å². The van der Waals surface area contributed by atoms with Gasteiger partial charge in [0, 0.05) is 32.7 Å². The number of benzene rings is 3. The van der Waals surface area contributed by atoms with Crippen LogP contribution in [0.2, 0.25) is 5.02 Å². The number of para-hydroxylation sites is 1. The average molecular weight is 509 g/mol. The topological polar surface area (TPSA) is 67.9 Å². The molecule has 6 nitrogen and oxygen atoms in total. The van der Waals surface area contributed by atoms with Gasteiger partial charge in [0.05, 0.1) is 5.02 Å². The van der Waals surface area contributed by atoms with Crippen LogP contribution in [0.5, 0.6) is 5.75 Å². The molecule has 1 N–H and O–H groups in total. The largest absolute Gasteiger partial charge is 0.482 e. The van der Waals surface area contributed by atoms with Crippen molar-refractivity contribution in [3.63, 3.8) is 0 Å². The highest BCUT2D eigenvalue weighted by atomic mass is 35.5. The summed E-state index contributed by atoms with van der Waals surface area (Å²) in [4.78, 5) is 28.6. The van der Waals surface area contributed by atoms with E-state index in [4.69, 9.17) is 21.1 Å². The number of rotatable bonds is 14. The number of hydrogen-bond acceptors (Lipinski definition) is 4. The summed E-state index contributed by atoms with van der Waals surface area (Å²) in [6, 6.07) is 25.6. The van der Waals surface area contributed by atoms with Crippen molar-refractivity contribution in [2.24, 2.45) is 0 Å². The molecular weight excluding hydrogens is 476 g/mol. The van der Waals surface area contributed by atoms with Crippen molar-refractivity contribution >= 4 is 23.4 Å². The highest BCUT2D eigenvalue weighted by Gasteiger charge is 2.30. The molecule has 1 atom stereocenters. The van der Waals surface area contributed by atoms with Crippen molar-refractivity contribution in [1.29, 1.82) is 0 Å². The number of carbonyl (C=O) groups is 2. The SMILES string of the molecule is CCOCCCNC(=O)[C@@H](Cc1ccccc1)N(Cc1ccccc1)C(=O)COc1ccccc1Cl. The Morgan fingerprint density at radius 3 is 2.22 bits per heavy atom. The Morgan fingerprint density at radius 2 is 1.56 bits per heavy atom. The van der Waals surface area contributed by atoms with Gasteiger partial charge in [-0.3, -0.25) is 9.59 Å². The Hall–Kier alpha value is -3.35. The Kier molecular flexibility index (Phi) is 11.3. The Morgan fingerprint density at radius 1 is 0.917 bits per heavy atom. The van der Waals surface area contributed by atoms with Crippen LogP contribution in [0.1, 0.15) is 24.5 Å². The van der Waals surface area contributed by atoms with Gasteiger partial charge >= 0.3 is 0 Å². The van der Waals surface area contributed by atoms with E-state index in [1.165, 1.54) is 0 Å². The third kappa shape index (κ3) is 8.70. The first-order chi connectivity index (χ1) is 17.6. The summed E-state index contributed by atoms with van der Waals surface area (Å²) in [5.41, 5.74) is 1.88. The normalized spacial score (nSPS) is 11.5. The summed E-state index contributed by atoms with van der Waals surface area (Å²) in [6.45, 7) is 3.64. The number of nitrogens with one attached hydrogen (secondary N) is 1. The van der Waals surface area contributed by atoms with Crippen LogP contribution in [0.25, 0.3) is 0 Å². The second kappa shape index (κ2) is 14.9. The highest BCUT2D eigenvalue weighted by Crippen LogP contribution is 2.23. The molecule has 0 heterocycles. The summed E-state index contributed by atoms with van der Waals surface area (Å²) in [5.74, 6) is -0.0892. The van der Waals surface area contributed by atoms with E-state index in [-0.39, 0.29) is 25.0 Å². The maximum atomic E-state index is 13.5. The van der Waals surface area contributed by atoms with Gasteiger partial charge in [-0.05, 0) is 36.6 Å². The lowest BCUT2D eigenvalue weighted by molar-refractivity contribution is -0.142. The molecule has 0 saturated heterocycles. The van der Waals surface area contributed by atoms with Crippen LogP contribution in [0.3, 0.4) is 0 Å². The molecule has 0 radical (unpaired) electrons. The van der Waals surface area contributed by atoms with E-state index in [1.54, 1.807) is 29.2 Å². The minimum atomic E-state index is -0.720. The smallest absolute Gasteiger partial charge is 0.261 e. The summed E-state index contributed by atoms with van der Waals surface area (Å²) in [6.07, 6.45) is 1.07. The first-order valence-corrected chi connectivity index (χ1v) is 12.6. The Balaban J connectivity index is 1.83. The van der Waals surface area contributed by atoms with E-state index in [2.05, 4.69) is 5.32 Å². The Bertz CT molecular complexity index is 1080. The minimum absolute atomic E-state index is 0.211. The monoisotopic (exact) mass is 508 g/mol. The average Bonchev–Trinajstić information content (AvgIpc) is 2.91. The zero-order valence-electron chi connectivity index (χ0n) is 20.6. The molecule has 36 heavy (non-hydrogen) atoms. The van der Waals surface area contributed by atoms with Crippen molar-refractivity contribution in [2.45, 2.75) is 32.4 Å². The van der Waals surface area contributed by atoms with Gasteiger partial charge in [-0.15, -0.1) is 0 Å². The summed E-state index contributed by atoms with van der Waals surface area (Å²) in [7, 11) is 0. The zero-order chi connectivity index (χ0) is 25.6. The van der Waals surface area contributed by atoms with Crippen LogP contribution >= 0.6 is 11.6 Å². The summed E-state index contributed by atoms with van der Waals surface area (Å²) >= 11 is 6.21. The number of ether oxygens (including phenoxy) is 2. The lowest BCUT2D eigenvalue weighted by Crippen LogP contribution is -2.52. The fraction of sp³-hybridized carbons (Fsp3) is 0.310. The fourth-order valence-corrected chi connectivity index (χ4v) is 3.96. The van der Waals surface area contributed by atoms with E-state index < -0.39 is 6.04 Å². The molecule has 3 aromatic carbocycles. The fourth-order valence-electron chi connectivity index (χ4n) is 3.77. The van der Waals surface area contributed by atoms with Crippen LogP contribution < -0.4 is 10.1 Å². The molecule has 3 rings (SSSR count). The number of hydrogen-bond donors (Lipinski definition) is 1. The van der Waals surface area contributed by atoms with Crippen molar-refractivity contribution < 1.29 is 19.1 Å². The lowest BCUT2D eigenvalue weighted by Gasteiger charge is -2.31. The number of halogens is 1. The van der Waals surface area contributed by atoms with Gasteiger partial charge in [-0.1, -0.05) is 84.4 Å². The molecule has 0 aliphatic carbocycles. The molecule has 190 valence electrons. The van der Waals surface area contributed by atoms with Crippen LogP contribution in [0, 0.1) is 0 Å². The van der Waals surface area contributed by atoms with Gasteiger partial charge in [-0.2, -0.15) is 0 Å². The van der Waals surface area contributed by atoms with E-state index in [1.807, 2.05) is 67.6 Å². The maximum Gasteiger partial charge on any atom is 0.261 e. The molecule has 7 heteroatoms. The summed E-state index contributed by atoms with van der Waals surface area (Å²) < 4.78 is 11.1. The molecule has 0 spiro atoms. The molecule has 0 aromatic heterocycles. The Labute approximate surface area is 218 Å². The van der Waals surface area contributed by atoms with Crippen molar-refractivity contribution in [3.8, 4) is 5.75 Å². The first kappa shape index (κ1) is 27.2. The van der Waals surface area contributed by atoms with Crippen molar-refractivity contribution in [1.82, 2.24) is 10.2 Å². The maximum absolute atomic E-state index is 13.5. The molecule has 2 amide bonds. The number of nitrogens with zero attached hydrogens (tertiary/aromatic N) is 1. The third-order valence-electron chi connectivity index (χ3n) is 5.62. The van der Waals surface area contributed by atoms with Crippen LogP contribution in [-0.2, 0) is 27.3 Å². The lowest BCUT2D eigenvalue weighted by atomic mass is 10.0. The van der Waals surface area contributed by atoms with Gasteiger partial charge in [0.25, 0.3) is 5.91 Å². The predicted molar refractivity (Wildman–Crippen MR) is 142 cm³/mol. The first-order valence-electron chi connectivity index (χ1n) is 12.2. The van der Waals surface area contributed by atoms with E-state index in [9.17, 15) is 9.59 Å². The predicted octanol–water partition coefficient (Wildman–Crippen LogP) is 4.90. The molecule has 0 unspecified atom stereocenters. The second-order valence-corrected chi connectivity index (χ2v) is 8.68. The number of carbonyl (C=O) groups excluding carboxylic acids is 2. The quantitative estimate of drug-likeness (QED) is 0.314.